The van der Waals surface area contributed by atoms with Gasteiger partial charge < -0.3 is 4.74 Å². The minimum atomic E-state index is -3.91. The number of rotatable bonds is 8. The molecule has 0 saturated carbocycles. The second-order valence-electron chi connectivity index (χ2n) is 4.18. The van der Waals surface area contributed by atoms with Gasteiger partial charge >= 0.3 is 5.97 Å². The number of hydrogen-bond acceptors (Lipinski definition) is 5. The Labute approximate surface area is 139 Å². The largest absolute Gasteiger partial charge is 0.466 e. The molecule has 0 saturated heterocycles. The molecule has 0 fully saturated rings. The van der Waals surface area contributed by atoms with Crippen LogP contribution in [0.3, 0.4) is 0 Å². The van der Waals surface area contributed by atoms with Crippen LogP contribution in [-0.4, -0.2) is 27.5 Å². The molecule has 0 unspecified atom stereocenters. The number of unbranched alkanes of at least 4 members (excludes halogenated alkanes) is 1. The van der Waals surface area contributed by atoms with E-state index in [1.807, 2.05) is 6.07 Å². The number of ether oxygens (including phenoxy) is 1. The van der Waals surface area contributed by atoms with Gasteiger partial charge in [0, 0.05) is 13.0 Å². The Bertz CT molecular complexity index is 651. The molecule has 0 heterocycles. The Morgan fingerprint density at radius 1 is 1.32 bits per heavy atom. The van der Waals surface area contributed by atoms with E-state index in [4.69, 9.17) is 33.2 Å². The maximum atomic E-state index is 12.1. The van der Waals surface area contributed by atoms with E-state index in [9.17, 15) is 13.2 Å². The number of nitrogens with one attached hydrogen (secondary N) is 1. The van der Waals surface area contributed by atoms with E-state index in [1.54, 1.807) is 0 Å². The second kappa shape index (κ2) is 8.96. The third kappa shape index (κ3) is 5.81. The van der Waals surface area contributed by atoms with Gasteiger partial charge in [-0.3, -0.25) is 4.79 Å². The van der Waals surface area contributed by atoms with E-state index in [0.29, 0.717) is 12.8 Å². The zero-order chi connectivity index (χ0) is 16.6. The van der Waals surface area contributed by atoms with E-state index in [1.165, 1.54) is 18.2 Å². The van der Waals surface area contributed by atoms with Crippen molar-refractivity contribution in [2.45, 2.75) is 24.2 Å². The number of benzene rings is 1. The molecule has 0 aromatic heterocycles. The van der Waals surface area contributed by atoms with Crippen molar-refractivity contribution in [3.05, 3.63) is 28.2 Å². The van der Waals surface area contributed by atoms with Gasteiger partial charge in [-0.1, -0.05) is 29.3 Å². The fourth-order valence-electron chi connectivity index (χ4n) is 1.51. The standard InChI is InChI=1S/C13H14Cl2N2O4S/c14-10-4-3-5-11(15)13(10)22(19,20)17-8-6-12(18)21-9-2-1-7-16/h3-5,17H,1-2,6,8-9H2. The van der Waals surface area contributed by atoms with E-state index in [-0.39, 0.29) is 34.5 Å². The lowest BCUT2D eigenvalue weighted by atomic mass is 10.3. The number of carbonyl (C=O) groups is 1. The molecule has 0 amide bonds. The van der Waals surface area contributed by atoms with Crippen molar-refractivity contribution in [2.75, 3.05) is 13.2 Å². The molecule has 0 spiro atoms. The SMILES string of the molecule is N#CCCCOC(=O)CCNS(=O)(=O)c1c(Cl)cccc1Cl. The Hall–Kier alpha value is -1.33. The average Bonchev–Trinajstić information content (AvgIpc) is 2.43. The zero-order valence-corrected chi connectivity index (χ0v) is 13.8. The van der Waals surface area contributed by atoms with Crippen molar-refractivity contribution in [2.24, 2.45) is 0 Å². The Morgan fingerprint density at radius 3 is 2.55 bits per heavy atom. The van der Waals surface area contributed by atoms with Crippen LogP contribution in [0.15, 0.2) is 23.1 Å². The molecule has 0 atom stereocenters. The average molecular weight is 365 g/mol. The van der Waals surface area contributed by atoms with E-state index in [2.05, 4.69) is 4.72 Å². The molecule has 6 nitrogen and oxygen atoms in total. The molecule has 1 rings (SSSR count). The first-order chi connectivity index (χ1) is 10.4. The first kappa shape index (κ1) is 18.7. The molecule has 0 aliphatic rings. The fraction of sp³-hybridized carbons (Fsp3) is 0.385. The van der Waals surface area contributed by atoms with Crippen LogP contribution in [0.4, 0.5) is 0 Å². The van der Waals surface area contributed by atoms with Crippen molar-refractivity contribution in [3.63, 3.8) is 0 Å². The quantitative estimate of drug-likeness (QED) is 0.564. The monoisotopic (exact) mass is 364 g/mol. The molecule has 1 aromatic rings. The Balaban J connectivity index is 2.50. The number of hydrogen-bond donors (Lipinski definition) is 1. The van der Waals surface area contributed by atoms with Gasteiger partial charge in [0.25, 0.3) is 0 Å². The van der Waals surface area contributed by atoms with Crippen molar-refractivity contribution < 1.29 is 17.9 Å². The van der Waals surface area contributed by atoms with Gasteiger partial charge in [0.2, 0.25) is 10.0 Å². The summed E-state index contributed by atoms with van der Waals surface area (Å²) >= 11 is 11.7. The molecule has 0 aliphatic carbocycles. The molecule has 0 radical (unpaired) electrons. The molecule has 22 heavy (non-hydrogen) atoms. The van der Waals surface area contributed by atoms with Crippen LogP contribution < -0.4 is 4.72 Å². The number of sulfonamides is 1. The highest BCUT2D eigenvalue weighted by atomic mass is 35.5. The Morgan fingerprint density at radius 2 is 1.95 bits per heavy atom. The summed E-state index contributed by atoms with van der Waals surface area (Å²) in [4.78, 5) is 11.1. The summed E-state index contributed by atoms with van der Waals surface area (Å²) in [5, 5.41) is 8.33. The summed E-state index contributed by atoms with van der Waals surface area (Å²) in [6, 6.07) is 6.27. The molecule has 9 heteroatoms. The lowest BCUT2D eigenvalue weighted by Crippen LogP contribution is -2.27. The van der Waals surface area contributed by atoms with Gasteiger partial charge in [0.1, 0.15) is 4.90 Å². The molecule has 0 bridgehead atoms. The Kier molecular flexibility index (Phi) is 7.62. The zero-order valence-electron chi connectivity index (χ0n) is 11.5. The lowest BCUT2D eigenvalue weighted by molar-refractivity contribution is -0.143. The maximum Gasteiger partial charge on any atom is 0.307 e. The third-order valence-corrected chi connectivity index (χ3v) is 4.92. The molecular weight excluding hydrogens is 351 g/mol. The normalized spacial score (nSPS) is 11.0. The van der Waals surface area contributed by atoms with Gasteiger partial charge in [-0.05, 0) is 18.6 Å². The number of halogens is 2. The topological polar surface area (TPSA) is 96.3 Å². The van der Waals surface area contributed by atoms with Crippen LogP contribution in [0.5, 0.6) is 0 Å². The summed E-state index contributed by atoms with van der Waals surface area (Å²) in [6.45, 7) is -0.00352. The van der Waals surface area contributed by atoms with Gasteiger partial charge in [0.15, 0.2) is 0 Å². The minimum Gasteiger partial charge on any atom is -0.466 e. The van der Waals surface area contributed by atoms with Crippen LogP contribution in [0.25, 0.3) is 0 Å². The van der Waals surface area contributed by atoms with Crippen molar-refractivity contribution in [3.8, 4) is 6.07 Å². The summed E-state index contributed by atoms with van der Waals surface area (Å²) in [7, 11) is -3.91. The smallest absolute Gasteiger partial charge is 0.307 e. The highest BCUT2D eigenvalue weighted by Crippen LogP contribution is 2.28. The van der Waals surface area contributed by atoms with Gasteiger partial charge in [-0.15, -0.1) is 0 Å². The summed E-state index contributed by atoms with van der Waals surface area (Å²) in [6.07, 6.45) is 0.613. The predicted octanol–water partition coefficient (Wildman–Crippen LogP) is 2.51. The summed E-state index contributed by atoms with van der Waals surface area (Å²) in [5.74, 6) is -0.550. The fourth-order valence-corrected chi connectivity index (χ4v) is 3.68. The molecular formula is C13H14Cl2N2O4S. The third-order valence-electron chi connectivity index (χ3n) is 2.50. The highest BCUT2D eigenvalue weighted by Gasteiger charge is 2.21. The molecule has 1 aromatic carbocycles. The number of nitriles is 1. The number of esters is 1. The molecule has 1 N–H and O–H groups in total. The summed E-state index contributed by atoms with van der Waals surface area (Å²) in [5.41, 5.74) is 0. The van der Waals surface area contributed by atoms with Crippen molar-refractivity contribution in [1.29, 1.82) is 5.26 Å². The predicted molar refractivity (Wildman–Crippen MR) is 82.1 cm³/mol. The van der Waals surface area contributed by atoms with Gasteiger partial charge in [0.05, 0.1) is 29.1 Å². The maximum absolute atomic E-state index is 12.1. The van der Waals surface area contributed by atoms with E-state index in [0.717, 1.165) is 0 Å². The molecule has 0 aliphatic heterocycles. The molecule has 120 valence electrons. The number of nitrogens with zero attached hydrogens (tertiary/aromatic N) is 1. The van der Waals surface area contributed by atoms with Crippen LogP contribution in [0, 0.1) is 11.3 Å². The van der Waals surface area contributed by atoms with Crippen LogP contribution >= 0.6 is 23.2 Å². The lowest BCUT2D eigenvalue weighted by Gasteiger charge is -2.09. The highest BCUT2D eigenvalue weighted by molar-refractivity contribution is 7.89. The first-order valence-electron chi connectivity index (χ1n) is 6.34. The number of carbonyl (C=O) groups excluding carboxylic acids is 1. The van der Waals surface area contributed by atoms with Crippen molar-refractivity contribution in [1.82, 2.24) is 4.72 Å². The van der Waals surface area contributed by atoms with Crippen LogP contribution in [0.2, 0.25) is 10.0 Å². The summed E-state index contributed by atoms with van der Waals surface area (Å²) < 4.78 is 31.2. The second-order valence-corrected chi connectivity index (χ2v) is 6.70. The van der Waals surface area contributed by atoms with Gasteiger partial charge in [-0.2, -0.15) is 5.26 Å². The van der Waals surface area contributed by atoms with E-state index >= 15 is 0 Å². The van der Waals surface area contributed by atoms with Gasteiger partial charge in [-0.25, -0.2) is 13.1 Å². The van der Waals surface area contributed by atoms with E-state index < -0.39 is 16.0 Å². The minimum absolute atomic E-state index is 0.000852. The van der Waals surface area contributed by atoms with Crippen molar-refractivity contribution >= 4 is 39.2 Å². The first-order valence-corrected chi connectivity index (χ1v) is 8.58. The van der Waals surface area contributed by atoms with Crippen LogP contribution in [0.1, 0.15) is 19.3 Å². The van der Waals surface area contributed by atoms with Crippen LogP contribution in [-0.2, 0) is 19.6 Å².